The monoisotopic (exact) mass is 457 g/mol. The minimum atomic E-state index is -1.27. The number of hydrogen-bond acceptors (Lipinski definition) is 4. The molecule has 0 aliphatic heterocycles. The van der Waals surface area contributed by atoms with Crippen LogP contribution in [-0.4, -0.2) is 32.1 Å². The summed E-state index contributed by atoms with van der Waals surface area (Å²) in [5.74, 6) is -0.691. The molecule has 0 aliphatic rings. The molecule has 0 unspecified atom stereocenters. The third-order valence-electron chi connectivity index (χ3n) is 5.20. The van der Waals surface area contributed by atoms with Crippen molar-refractivity contribution in [1.29, 1.82) is 0 Å². The van der Waals surface area contributed by atoms with E-state index in [-0.39, 0.29) is 11.5 Å². The summed E-state index contributed by atoms with van der Waals surface area (Å²) < 4.78 is 14.9. The summed E-state index contributed by atoms with van der Waals surface area (Å²) in [6, 6.07) is 24.5. The number of aromatic nitrogens is 3. The van der Waals surface area contributed by atoms with E-state index in [1.54, 1.807) is 18.5 Å². The molecule has 0 radical (unpaired) electrons. The molecule has 0 fully saturated rings. The minimum Gasteiger partial charge on any atom is -0.338 e. The summed E-state index contributed by atoms with van der Waals surface area (Å²) in [5.41, 5.74) is 0.868. The summed E-state index contributed by atoms with van der Waals surface area (Å²) in [6.07, 6.45) is 0. The lowest BCUT2D eigenvalue weighted by molar-refractivity contribution is -0.121. The van der Waals surface area contributed by atoms with Crippen LogP contribution in [0.4, 0.5) is 10.3 Å². The molecular weight excluding hydrogens is 433 g/mol. The Hall–Kier alpha value is -4.33. The largest absolute Gasteiger partial charge is 0.338 e. The van der Waals surface area contributed by atoms with E-state index in [0.29, 0.717) is 12.4 Å². The van der Waals surface area contributed by atoms with Gasteiger partial charge in [-0.1, -0.05) is 60.7 Å². The van der Waals surface area contributed by atoms with Crippen LogP contribution in [0.25, 0.3) is 11.4 Å². The van der Waals surface area contributed by atoms with Gasteiger partial charge in [-0.15, -0.1) is 5.10 Å². The predicted octanol–water partition coefficient (Wildman–Crippen LogP) is 4.28. The van der Waals surface area contributed by atoms with Crippen LogP contribution >= 0.6 is 0 Å². The van der Waals surface area contributed by atoms with E-state index in [1.807, 2.05) is 60.7 Å². The summed E-state index contributed by atoms with van der Waals surface area (Å²) >= 11 is 0. The molecule has 4 aromatic rings. The van der Waals surface area contributed by atoms with Gasteiger partial charge in [-0.25, -0.2) is 9.07 Å². The minimum absolute atomic E-state index is 0.129. The second kappa shape index (κ2) is 9.66. The maximum Gasteiger partial charge on any atom is 0.252 e. The Morgan fingerprint density at radius 3 is 2.18 bits per heavy atom. The SMILES string of the molecule is CC(C)(NC(=O)c1ccc(F)cc1)C(=O)Nc1nc(-c2ccccc2)n(Cc2ccccc2)n1. The Morgan fingerprint density at radius 2 is 1.53 bits per heavy atom. The van der Waals surface area contributed by atoms with Gasteiger partial charge in [0.15, 0.2) is 5.82 Å². The lowest BCUT2D eigenvalue weighted by Gasteiger charge is -2.24. The molecule has 2 amide bonds. The van der Waals surface area contributed by atoms with Gasteiger partial charge in [0, 0.05) is 11.1 Å². The van der Waals surface area contributed by atoms with E-state index in [4.69, 9.17) is 0 Å². The Bertz CT molecular complexity index is 1290. The van der Waals surface area contributed by atoms with Crippen molar-refractivity contribution >= 4 is 17.8 Å². The van der Waals surface area contributed by atoms with Crippen molar-refractivity contribution in [2.24, 2.45) is 0 Å². The van der Waals surface area contributed by atoms with E-state index < -0.39 is 23.2 Å². The van der Waals surface area contributed by atoms with Crippen LogP contribution in [0.5, 0.6) is 0 Å². The highest BCUT2D eigenvalue weighted by molar-refractivity contribution is 6.02. The highest BCUT2D eigenvalue weighted by atomic mass is 19.1. The van der Waals surface area contributed by atoms with E-state index >= 15 is 0 Å². The maximum atomic E-state index is 13.1. The summed E-state index contributed by atoms with van der Waals surface area (Å²) in [4.78, 5) is 30.1. The van der Waals surface area contributed by atoms with E-state index in [1.165, 1.54) is 24.3 Å². The van der Waals surface area contributed by atoms with Crippen molar-refractivity contribution in [2.45, 2.75) is 25.9 Å². The average molecular weight is 458 g/mol. The molecule has 2 N–H and O–H groups in total. The second-order valence-corrected chi connectivity index (χ2v) is 8.31. The van der Waals surface area contributed by atoms with Crippen LogP contribution in [0.2, 0.25) is 0 Å². The van der Waals surface area contributed by atoms with Crippen molar-refractivity contribution in [3.05, 3.63) is 102 Å². The van der Waals surface area contributed by atoms with Gasteiger partial charge in [-0.2, -0.15) is 4.98 Å². The Labute approximate surface area is 196 Å². The molecule has 0 spiro atoms. The van der Waals surface area contributed by atoms with Crippen LogP contribution in [-0.2, 0) is 11.3 Å². The molecule has 0 saturated heterocycles. The summed E-state index contributed by atoms with van der Waals surface area (Å²) in [6.45, 7) is 3.62. The topological polar surface area (TPSA) is 88.9 Å². The van der Waals surface area contributed by atoms with Crippen LogP contribution in [0.15, 0.2) is 84.9 Å². The van der Waals surface area contributed by atoms with Crippen molar-refractivity contribution in [2.75, 3.05) is 5.32 Å². The fourth-order valence-corrected chi connectivity index (χ4v) is 3.33. The number of nitrogens with zero attached hydrogens (tertiary/aromatic N) is 3. The van der Waals surface area contributed by atoms with Crippen molar-refractivity contribution in [3.8, 4) is 11.4 Å². The van der Waals surface area contributed by atoms with Gasteiger partial charge in [0.05, 0.1) is 6.54 Å². The molecule has 172 valence electrons. The number of halogens is 1. The fraction of sp³-hybridized carbons (Fsp3) is 0.154. The highest BCUT2D eigenvalue weighted by Gasteiger charge is 2.31. The van der Waals surface area contributed by atoms with Crippen molar-refractivity contribution in [3.63, 3.8) is 0 Å². The molecule has 0 bridgehead atoms. The normalized spacial score (nSPS) is 11.1. The van der Waals surface area contributed by atoms with Crippen molar-refractivity contribution in [1.82, 2.24) is 20.1 Å². The molecule has 0 aliphatic carbocycles. The summed E-state index contributed by atoms with van der Waals surface area (Å²) in [7, 11) is 0. The van der Waals surface area contributed by atoms with Gasteiger partial charge >= 0.3 is 0 Å². The number of benzene rings is 3. The third kappa shape index (κ3) is 5.35. The predicted molar refractivity (Wildman–Crippen MR) is 128 cm³/mol. The molecule has 8 heteroatoms. The zero-order valence-electron chi connectivity index (χ0n) is 18.8. The third-order valence-corrected chi connectivity index (χ3v) is 5.20. The molecule has 1 aromatic heterocycles. The van der Waals surface area contributed by atoms with Crippen LogP contribution in [0.3, 0.4) is 0 Å². The van der Waals surface area contributed by atoms with Gasteiger partial charge in [0.2, 0.25) is 5.95 Å². The highest BCUT2D eigenvalue weighted by Crippen LogP contribution is 2.21. The Kier molecular flexibility index (Phi) is 6.49. The molecule has 0 saturated carbocycles. The van der Waals surface area contributed by atoms with E-state index in [2.05, 4.69) is 20.7 Å². The van der Waals surface area contributed by atoms with Crippen molar-refractivity contribution < 1.29 is 14.0 Å². The van der Waals surface area contributed by atoms with Gasteiger partial charge in [-0.3, -0.25) is 14.9 Å². The zero-order chi connectivity index (χ0) is 24.1. The fourth-order valence-electron chi connectivity index (χ4n) is 3.33. The first kappa shape index (κ1) is 22.8. The maximum absolute atomic E-state index is 13.1. The first-order valence-electron chi connectivity index (χ1n) is 10.8. The van der Waals surface area contributed by atoms with E-state index in [0.717, 1.165) is 11.1 Å². The number of carbonyl (C=O) groups is 2. The Morgan fingerprint density at radius 1 is 0.912 bits per heavy atom. The second-order valence-electron chi connectivity index (χ2n) is 8.31. The number of amides is 2. The number of hydrogen-bond donors (Lipinski definition) is 2. The molecule has 34 heavy (non-hydrogen) atoms. The van der Waals surface area contributed by atoms with Gasteiger partial charge < -0.3 is 5.32 Å². The molecule has 7 nitrogen and oxygen atoms in total. The zero-order valence-corrected chi connectivity index (χ0v) is 18.8. The standard InChI is InChI=1S/C26H24FN5O2/c1-26(2,30-23(33)20-13-15-21(27)16-14-20)24(34)29-25-28-22(19-11-7-4-8-12-19)32(31-25)17-18-9-5-3-6-10-18/h3-16H,17H2,1-2H3,(H,30,33)(H,29,31,34). The smallest absolute Gasteiger partial charge is 0.252 e. The van der Waals surface area contributed by atoms with Crippen LogP contribution < -0.4 is 10.6 Å². The molecule has 0 atom stereocenters. The molecule has 3 aromatic carbocycles. The lowest BCUT2D eigenvalue weighted by Crippen LogP contribution is -2.52. The van der Waals surface area contributed by atoms with Gasteiger partial charge in [-0.05, 0) is 43.7 Å². The van der Waals surface area contributed by atoms with E-state index in [9.17, 15) is 14.0 Å². The molecule has 4 rings (SSSR count). The summed E-state index contributed by atoms with van der Waals surface area (Å²) in [5, 5.41) is 9.88. The average Bonchev–Trinajstić information content (AvgIpc) is 3.22. The quantitative estimate of drug-likeness (QED) is 0.434. The molecular formula is C26H24FN5O2. The lowest BCUT2D eigenvalue weighted by atomic mass is 10.0. The number of carbonyl (C=O) groups excluding carboxylic acids is 2. The Balaban J connectivity index is 1.54. The number of nitrogens with one attached hydrogen (secondary N) is 2. The number of rotatable bonds is 7. The van der Waals surface area contributed by atoms with Gasteiger partial charge in [0.25, 0.3) is 11.8 Å². The first-order valence-corrected chi connectivity index (χ1v) is 10.8. The number of anilines is 1. The van der Waals surface area contributed by atoms with Crippen LogP contribution in [0.1, 0.15) is 29.8 Å². The first-order chi connectivity index (χ1) is 16.3. The van der Waals surface area contributed by atoms with Crippen LogP contribution in [0, 0.1) is 5.82 Å². The van der Waals surface area contributed by atoms with Gasteiger partial charge in [0.1, 0.15) is 11.4 Å². The molecule has 1 heterocycles.